The molecule has 0 fully saturated rings. The summed E-state index contributed by atoms with van der Waals surface area (Å²) in [5, 5.41) is 33.1. The van der Waals surface area contributed by atoms with E-state index in [1.54, 1.807) is 6.92 Å². The van der Waals surface area contributed by atoms with E-state index in [0.29, 0.717) is 6.42 Å². The van der Waals surface area contributed by atoms with Gasteiger partial charge in [0.15, 0.2) is 0 Å². The number of carbonyl (C=O) groups is 1. The second kappa shape index (κ2) is 8.34. The van der Waals surface area contributed by atoms with Crippen molar-refractivity contribution < 1.29 is 19.7 Å². The third kappa shape index (κ3) is 3.66. The average molecular weight is 351 g/mol. The van der Waals surface area contributed by atoms with Crippen LogP contribution in [-0.4, -0.2) is 50.6 Å². The molecule has 0 aromatic rings. The van der Waals surface area contributed by atoms with Gasteiger partial charge in [0.2, 0.25) is 0 Å². The van der Waals surface area contributed by atoms with Gasteiger partial charge in [-0.25, -0.2) is 9.69 Å². The van der Waals surface area contributed by atoms with E-state index in [1.165, 1.54) is 17.1 Å². The first-order valence-electron chi connectivity index (χ1n) is 7.68. The number of nitrogens with zero attached hydrogens (tertiary/aromatic N) is 3. The highest BCUT2D eigenvalue weighted by molar-refractivity contribution is 5.91. The smallest absolute Gasteiger partial charge is 0.367 e. The van der Waals surface area contributed by atoms with E-state index in [1.807, 2.05) is 0 Å². The van der Waals surface area contributed by atoms with Crippen LogP contribution in [0.1, 0.15) is 19.8 Å². The Kier molecular flexibility index (Phi) is 6.75. The summed E-state index contributed by atoms with van der Waals surface area (Å²) in [6, 6.07) is -1.82. The summed E-state index contributed by atoms with van der Waals surface area (Å²) in [5.74, 6) is -1.34. The first-order chi connectivity index (χ1) is 11.8. The van der Waals surface area contributed by atoms with Crippen molar-refractivity contribution in [2.24, 2.45) is 0 Å². The van der Waals surface area contributed by atoms with Gasteiger partial charge in [-0.1, -0.05) is 25.5 Å². The van der Waals surface area contributed by atoms with Crippen LogP contribution in [0.3, 0.4) is 0 Å². The van der Waals surface area contributed by atoms with E-state index < -0.39 is 27.5 Å². The summed E-state index contributed by atoms with van der Waals surface area (Å²) >= 11 is 0. The van der Waals surface area contributed by atoms with E-state index >= 15 is 0 Å². The Morgan fingerprint density at radius 2 is 1.92 bits per heavy atom. The van der Waals surface area contributed by atoms with Crippen LogP contribution in [0.5, 0.6) is 0 Å². The molecule has 136 valence electrons. The molecule has 9 nitrogen and oxygen atoms in total. The molecule has 0 spiro atoms. The molecule has 1 aliphatic rings. The fraction of sp³-hybridized carbons (Fsp3) is 0.438. The minimum absolute atomic E-state index is 0.00346. The van der Waals surface area contributed by atoms with Gasteiger partial charge in [0, 0.05) is 29.7 Å². The molecule has 0 saturated heterocycles. The number of nitro groups is 2. The molecule has 0 heterocycles. The maximum Gasteiger partial charge on any atom is 0.367 e. The lowest BCUT2D eigenvalue weighted by atomic mass is 9.81. The number of carboxylic acid groups (broad SMARTS) is 1. The van der Waals surface area contributed by atoms with Crippen LogP contribution in [-0.2, 0) is 4.79 Å². The lowest BCUT2D eigenvalue weighted by Gasteiger charge is -2.37. The highest BCUT2D eigenvalue weighted by Crippen LogP contribution is 2.37. The van der Waals surface area contributed by atoms with Crippen molar-refractivity contribution in [3.05, 3.63) is 68.8 Å². The first kappa shape index (κ1) is 20.2. The number of rotatable bonds is 10. The number of hydrogen-bond acceptors (Lipinski definition) is 6. The fourth-order valence-electron chi connectivity index (χ4n) is 3.07. The van der Waals surface area contributed by atoms with E-state index in [-0.39, 0.29) is 30.7 Å². The van der Waals surface area contributed by atoms with Crippen molar-refractivity contribution in [3.63, 3.8) is 0 Å². The summed E-state index contributed by atoms with van der Waals surface area (Å²) in [5.41, 5.74) is -2.54. The third-order valence-electron chi connectivity index (χ3n) is 4.03. The van der Waals surface area contributed by atoms with Gasteiger partial charge in [0.1, 0.15) is 0 Å². The molecule has 0 aromatic carbocycles. The van der Waals surface area contributed by atoms with Crippen LogP contribution < -0.4 is 0 Å². The van der Waals surface area contributed by atoms with Crippen molar-refractivity contribution >= 4 is 5.97 Å². The van der Waals surface area contributed by atoms with Gasteiger partial charge >= 0.3 is 17.7 Å². The molecule has 1 aliphatic carbocycles. The Labute approximate surface area is 144 Å². The standard InChI is InChI=1S/C16H21N3O6/c1-4-7-12-13(15(20)21)8-9-16(19(24)25,14(12)18(22)23)17(10-5-2)11-6-3/h5-6,8-9,14H,2-4,7,10-11H2,1H3,(H,20,21). The van der Waals surface area contributed by atoms with E-state index in [2.05, 4.69) is 13.2 Å². The molecule has 0 radical (unpaired) electrons. The van der Waals surface area contributed by atoms with E-state index in [9.17, 15) is 30.1 Å². The monoisotopic (exact) mass is 351 g/mol. The van der Waals surface area contributed by atoms with Crippen molar-refractivity contribution in [2.75, 3.05) is 13.1 Å². The lowest BCUT2D eigenvalue weighted by Crippen LogP contribution is -2.64. The molecule has 2 atom stereocenters. The van der Waals surface area contributed by atoms with Crippen LogP contribution in [0.4, 0.5) is 0 Å². The Bertz CT molecular complexity index is 644. The number of aliphatic carboxylic acids is 1. The predicted octanol–water partition coefficient (Wildman–Crippen LogP) is 2.03. The zero-order valence-electron chi connectivity index (χ0n) is 14.0. The van der Waals surface area contributed by atoms with Gasteiger partial charge in [-0.05, 0) is 12.5 Å². The maximum absolute atomic E-state index is 12.0. The molecular formula is C16H21N3O6. The highest BCUT2D eigenvalue weighted by Gasteiger charge is 2.63. The molecule has 0 bridgehead atoms. The Morgan fingerprint density at radius 1 is 1.36 bits per heavy atom. The summed E-state index contributed by atoms with van der Waals surface area (Å²) in [6.45, 7) is 8.81. The van der Waals surface area contributed by atoms with Gasteiger partial charge in [-0.15, -0.1) is 13.2 Å². The average Bonchev–Trinajstić information content (AvgIpc) is 2.53. The Balaban J connectivity index is 3.73. The molecule has 9 heteroatoms. The van der Waals surface area contributed by atoms with Gasteiger partial charge < -0.3 is 5.11 Å². The summed E-state index contributed by atoms with van der Waals surface area (Å²) in [4.78, 5) is 35.0. The van der Waals surface area contributed by atoms with Crippen molar-refractivity contribution in [1.82, 2.24) is 4.90 Å². The maximum atomic E-state index is 12.0. The second-order valence-corrected chi connectivity index (χ2v) is 5.54. The normalized spacial score (nSPS) is 22.7. The lowest BCUT2D eigenvalue weighted by molar-refractivity contribution is -0.658. The minimum Gasteiger partial charge on any atom is -0.478 e. The van der Waals surface area contributed by atoms with Crippen LogP contribution in [0.25, 0.3) is 0 Å². The van der Waals surface area contributed by atoms with Gasteiger partial charge in [0.25, 0.3) is 0 Å². The van der Waals surface area contributed by atoms with Crippen LogP contribution in [0.15, 0.2) is 48.6 Å². The van der Waals surface area contributed by atoms with E-state index in [0.717, 1.165) is 12.2 Å². The molecule has 1 rings (SSSR count). The molecule has 25 heavy (non-hydrogen) atoms. The molecular weight excluding hydrogens is 330 g/mol. The topological polar surface area (TPSA) is 127 Å². The van der Waals surface area contributed by atoms with Gasteiger partial charge in [-0.2, -0.15) is 0 Å². The Hall–Kier alpha value is -2.81. The van der Waals surface area contributed by atoms with E-state index in [4.69, 9.17) is 0 Å². The van der Waals surface area contributed by atoms with Crippen molar-refractivity contribution in [2.45, 2.75) is 31.5 Å². The van der Waals surface area contributed by atoms with Gasteiger partial charge in [0.05, 0.1) is 10.5 Å². The zero-order valence-corrected chi connectivity index (χ0v) is 14.0. The molecule has 2 unspecified atom stereocenters. The molecule has 0 aliphatic heterocycles. The quantitative estimate of drug-likeness (QED) is 0.276. The largest absolute Gasteiger partial charge is 0.478 e. The second-order valence-electron chi connectivity index (χ2n) is 5.54. The summed E-state index contributed by atoms with van der Waals surface area (Å²) in [7, 11) is 0. The predicted molar refractivity (Wildman–Crippen MR) is 91.2 cm³/mol. The molecule has 0 aromatic heterocycles. The number of carboxylic acids is 1. The fourth-order valence-corrected chi connectivity index (χ4v) is 3.07. The molecule has 1 N–H and O–H groups in total. The third-order valence-corrected chi connectivity index (χ3v) is 4.03. The van der Waals surface area contributed by atoms with Crippen molar-refractivity contribution in [3.8, 4) is 0 Å². The highest BCUT2D eigenvalue weighted by atomic mass is 16.7. The minimum atomic E-state index is -2.21. The van der Waals surface area contributed by atoms with Crippen LogP contribution in [0.2, 0.25) is 0 Å². The Morgan fingerprint density at radius 3 is 2.28 bits per heavy atom. The summed E-state index contributed by atoms with van der Waals surface area (Å²) < 4.78 is 0. The molecule has 0 saturated carbocycles. The first-order valence-corrected chi connectivity index (χ1v) is 7.68. The van der Waals surface area contributed by atoms with Crippen LogP contribution in [0, 0.1) is 20.2 Å². The van der Waals surface area contributed by atoms with Crippen molar-refractivity contribution in [1.29, 1.82) is 0 Å². The molecule has 0 amide bonds. The summed E-state index contributed by atoms with van der Waals surface area (Å²) in [6.07, 6.45) is 5.38. The van der Waals surface area contributed by atoms with Gasteiger partial charge in [-0.3, -0.25) is 20.2 Å². The SMILES string of the molecule is C=CCN(CC=C)C1([N+](=O)[O-])C=CC(C(=O)O)=C(CCC)C1[N+](=O)[O-]. The van der Waals surface area contributed by atoms with Crippen LogP contribution >= 0.6 is 0 Å². The number of hydrogen-bond donors (Lipinski definition) is 1. The zero-order chi connectivity index (χ0) is 19.2.